The van der Waals surface area contributed by atoms with Gasteiger partial charge in [0.1, 0.15) is 25.0 Å². The van der Waals surface area contributed by atoms with Crippen molar-refractivity contribution in [1.82, 2.24) is 0 Å². The lowest BCUT2D eigenvalue weighted by Crippen LogP contribution is -2.91. The molecule has 1 amide bonds. The quantitative estimate of drug-likeness (QED) is 0.699. The molecule has 1 aromatic carbocycles. The van der Waals surface area contributed by atoms with Crippen molar-refractivity contribution >= 4 is 11.6 Å². The number of aliphatic hydroxyl groups is 1. The van der Waals surface area contributed by atoms with Gasteiger partial charge in [0.25, 0.3) is 0 Å². The van der Waals surface area contributed by atoms with Crippen LogP contribution in [0, 0.1) is 0 Å². The monoisotopic (exact) mass is 293 g/mol. The normalized spacial score (nSPS) is 16.7. The van der Waals surface area contributed by atoms with Crippen molar-refractivity contribution in [3.8, 4) is 5.75 Å². The number of benzene rings is 1. The fourth-order valence-electron chi connectivity index (χ4n) is 2.64. The zero-order valence-electron chi connectivity index (χ0n) is 12.5. The largest absolute Gasteiger partial charge is 0.491 e. The van der Waals surface area contributed by atoms with Crippen molar-refractivity contribution in [3.05, 3.63) is 24.3 Å². The van der Waals surface area contributed by atoms with Gasteiger partial charge in [-0.25, -0.2) is 0 Å². The molecule has 0 heterocycles. The van der Waals surface area contributed by atoms with Crippen LogP contribution in [0.4, 0.5) is 5.69 Å². The molecule has 4 N–H and O–H groups in total. The molecular weight excluding hydrogens is 268 g/mol. The first-order valence-electron chi connectivity index (χ1n) is 7.65. The Kier molecular flexibility index (Phi) is 6.02. The molecule has 1 fully saturated rings. The molecule has 1 aromatic rings. The van der Waals surface area contributed by atoms with Crippen LogP contribution in [-0.2, 0) is 4.79 Å². The number of aliphatic hydroxyl groups excluding tert-OH is 1. The van der Waals surface area contributed by atoms with Crippen molar-refractivity contribution in [2.24, 2.45) is 0 Å². The van der Waals surface area contributed by atoms with Crippen molar-refractivity contribution in [2.75, 3.05) is 18.5 Å². The van der Waals surface area contributed by atoms with Gasteiger partial charge >= 0.3 is 0 Å². The van der Waals surface area contributed by atoms with Crippen LogP contribution >= 0.6 is 0 Å². The highest BCUT2D eigenvalue weighted by Crippen LogP contribution is 2.16. The Balaban J connectivity index is 1.67. The third-order valence-electron chi connectivity index (χ3n) is 3.76. The number of hydrogen-bond donors (Lipinski definition) is 3. The molecule has 0 aliphatic heterocycles. The Morgan fingerprint density at radius 1 is 1.38 bits per heavy atom. The van der Waals surface area contributed by atoms with Gasteiger partial charge in [-0.3, -0.25) is 4.79 Å². The maximum Gasteiger partial charge on any atom is 0.221 e. The van der Waals surface area contributed by atoms with Crippen molar-refractivity contribution in [1.29, 1.82) is 0 Å². The van der Waals surface area contributed by atoms with Crippen LogP contribution in [-0.4, -0.2) is 36.3 Å². The van der Waals surface area contributed by atoms with Gasteiger partial charge in [0.2, 0.25) is 5.91 Å². The number of hydrogen-bond acceptors (Lipinski definition) is 3. The molecule has 0 spiro atoms. The minimum Gasteiger partial charge on any atom is -0.491 e. The van der Waals surface area contributed by atoms with Crippen molar-refractivity contribution in [2.45, 2.75) is 44.8 Å². The van der Waals surface area contributed by atoms with Gasteiger partial charge in [-0.2, -0.15) is 0 Å². The number of carbonyl (C=O) groups is 1. The van der Waals surface area contributed by atoms with E-state index in [0.29, 0.717) is 24.9 Å². The smallest absolute Gasteiger partial charge is 0.221 e. The van der Waals surface area contributed by atoms with Gasteiger partial charge in [-0.05, 0) is 49.9 Å². The molecule has 0 aromatic heterocycles. The van der Waals surface area contributed by atoms with Gasteiger partial charge < -0.3 is 20.5 Å². The van der Waals surface area contributed by atoms with Crippen LogP contribution in [0.1, 0.15) is 32.6 Å². The molecule has 21 heavy (non-hydrogen) atoms. The van der Waals surface area contributed by atoms with E-state index in [4.69, 9.17) is 4.74 Å². The Morgan fingerprint density at radius 3 is 2.67 bits per heavy atom. The highest BCUT2D eigenvalue weighted by Gasteiger charge is 2.19. The van der Waals surface area contributed by atoms with E-state index in [-0.39, 0.29) is 5.91 Å². The number of quaternary nitrogens is 1. The Hall–Kier alpha value is -1.59. The summed E-state index contributed by atoms with van der Waals surface area (Å²) in [6, 6.07) is 7.83. The first-order valence-corrected chi connectivity index (χ1v) is 7.65. The highest BCUT2D eigenvalue weighted by molar-refractivity contribution is 5.88. The number of anilines is 1. The third kappa shape index (κ3) is 5.73. The lowest BCUT2D eigenvalue weighted by molar-refractivity contribution is -0.693. The van der Waals surface area contributed by atoms with Crippen molar-refractivity contribution in [3.63, 3.8) is 0 Å². The number of ether oxygens (including phenoxy) is 1. The van der Waals surface area contributed by atoms with E-state index >= 15 is 0 Å². The van der Waals surface area contributed by atoms with Crippen LogP contribution in [0.5, 0.6) is 5.75 Å². The Labute approximate surface area is 125 Å². The summed E-state index contributed by atoms with van der Waals surface area (Å²) in [6.45, 7) is 2.46. The molecule has 0 radical (unpaired) electrons. The molecule has 2 rings (SSSR count). The molecule has 0 unspecified atom stereocenters. The zero-order chi connectivity index (χ0) is 15.1. The van der Waals surface area contributed by atoms with Crippen LogP contribution < -0.4 is 15.4 Å². The van der Waals surface area contributed by atoms with E-state index in [1.54, 1.807) is 24.3 Å². The molecule has 116 valence electrons. The predicted octanol–water partition coefficient (Wildman–Crippen LogP) is 0.891. The van der Waals surface area contributed by atoms with Crippen LogP contribution in [0.2, 0.25) is 0 Å². The summed E-state index contributed by atoms with van der Waals surface area (Å²) in [5, 5.41) is 14.9. The molecule has 1 aliphatic rings. The van der Waals surface area contributed by atoms with Crippen LogP contribution in [0.15, 0.2) is 24.3 Å². The topological polar surface area (TPSA) is 75.2 Å². The fourth-order valence-corrected chi connectivity index (χ4v) is 2.64. The minimum atomic E-state index is -0.458. The SMILES string of the molecule is CC(=O)Nc1ccc(OC[C@@H](O)C[NH2+]C2CCCC2)cc1. The summed E-state index contributed by atoms with van der Waals surface area (Å²) < 4.78 is 5.56. The van der Waals surface area contributed by atoms with E-state index in [1.807, 2.05) is 0 Å². The first kappa shape index (κ1) is 15.8. The second-order valence-electron chi connectivity index (χ2n) is 5.69. The lowest BCUT2D eigenvalue weighted by Gasteiger charge is -2.14. The summed E-state index contributed by atoms with van der Waals surface area (Å²) in [6.07, 6.45) is 4.69. The second kappa shape index (κ2) is 8.00. The van der Waals surface area contributed by atoms with Crippen LogP contribution in [0.3, 0.4) is 0 Å². The summed E-state index contributed by atoms with van der Waals surface area (Å²) >= 11 is 0. The molecule has 0 bridgehead atoms. The molecule has 1 saturated carbocycles. The summed E-state index contributed by atoms with van der Waals surface area (Å²) in [7, 11) is 0. The molecule has 0 saturated heterocycles. The number of nitrogens with one attached hydrogen (secondary N) is 1. The van der Waals surface area contributed by atoms with E-state index in [9.17, 15) is 9.90 Å². The molecule has 5 nitrogen and oxygen atoms in total. The van der Waals surface area contributed by atoms with E-state index in [2.05, 4.69) is 10.6 Å². The maximum absolute atomic E-state index is 10.9. The van der Waals surface area contributed by atoms with Gasteiger partial charge in [0, 0.05) is 12.6 Å². The van der Waals surface area contributed by atoms with Gasteiger partial charge in [-0.1, -0.05) is 0 Å². The molecule has 1 aliphatic carbocycles. The minimum absolute atomic E-state index is 0.0958. The summed E-state index contributed by atoms with van der Waals surface area (Å²) in [4.78, 5) is 10.9. The van der Waals surface area contributed by atoms with E-state index in [1.165, 1.54) is 32.6 Å². The highest BCUT2D eigenvalue weighted by atomic mass is 16.5. The fraction of sp³-hybridized carbons (Fsp3) is 0.562. The number of nitrogens with two attached hydrogens (primary N) is 1. The lowest BCUT2D eigenvalue weighted by atomic mass is 10.2. The molecular formula is C16H25N2O3+. The second-order valence-corrected chi connectivity index (χ2v) is 5.69. The zero-order valence-corrected chi connectivity index (χ0v) is 12.5. The Morgan fingerprint density at radius 2 is 2.05 bits per heavy atom. The average molecular weight is 293 g/mol. The van der Waals surface area contributed by atoms with Crippen LogP contribution in [0.25, 0.3) is 0 Å². The first-order chi connectivity index (χ1) is 10.1. The maximum atomic E-state index is 10.9. The molecule has 1 atom stereocenters. The van der Waals surface area contributed by atoms with E-state index < -0.39 is 6.10 Å². The van der Waals surface area contributed by atoms with Gasteiger partial charge in [0.05, 0.1) is 6.04 Å². The molecule has 5 heteroatoms. The van der Waals surface area contributed by atoms with Gasteiger partial charge in [0.15, 0.2) is 0 Å². The summed E-state index contributed by atoms with van der Waals surface area (Å²) in [5.74, 6) is 0.602. The summed E-state index contributed by atoms with van der Waals surface area (Å²) in [5.41, 5.74) is 0.741. The van der Waals surface area contributed by atoms with Gasteiger partial charge in [-0.15, -0.1) is 0 Å². The third-order valence-corrected chi connectivity index (χ3v) is 3.76. The number of amides is 1. The predicted molar refractivity (Wildman–Crippen MR) is 81.3 cm³/mol. The van der Waals surface area contributed by atoms with Crippen molar-refractivity contribution < 1.29 is 20.0 Å². The average Bonchev–Trinajstić information content (AvgIpc) is 2.97. The Bertz CT molecular complexity index is 441. The number of rotatable bonds is 7. The van der Waals surface area contributed by atoms with E-state index in [0.717, 1.165) is 5.69 Å². The standard InChI is InChI=1S/C16H24N2O3/c1-12(19)18-14-6-8-16(9-7-14)21-11-15(20)10-17-13-4-2-3-5-13/h6-9,13,15,17,20H,2-5,10-11H2,1H3,(H,18,19)/p+1/t15-/m0/s1. The number of carbonyl (C=O) groups excluding carboxylic acids is 1.